The summed E-state index contributed by atoms with van der Waals surface area (Å²) in [5.74, 6) is 1.35. The van der Waals surface area contributed by atoms with E-state index in [2.05, 4.69) is 49.5 Å². The van der Waals surface area contributed by atoms with Crippen LogP contribution in [0.25, 0.3) is 0 Å². The molecule has 0 saturated carbocycles. The monoisotopic (exact) mass is 437 g/mol. The van der Waals surface area contributed by atoms with E-state index >= 15 is 0 Å². The summed E-state index contributed by atoms with van der Waals surface area (Å²) in [5, 5.41) is 1.98. The van der Waals surface area contributed by atoms with E-state index in [9.17, 15) is 0 Å². The molecule has 0 amide bonds. The molecular weight excluding hydrogens is 410 g/mol. The van der Waals surface area contributed by atoms with Crippen molar-refractivity contribution in [2.75, 3.05) is 52.1 Å². The molecule has 2 heterocycles. The van der Waals surface area contributed by atoms with Gasteiger partial charge in [-0.1, -0.05) is 54.6 Å². The molecule has 0 atom stereocenters. The van der Waals surface area contributed by atoms with Crippen molar-refractivity contribution in [1.29, 1.82) is 0 Å². The van der Waals surface area contributed by atoms with Gasteiger partial charge in [0.05, 0.1) is 11.4 Å². The number of hydrogen-bond acceptors (Lipinski definition) is 7. The minimum atomic E-state index is 0.544. The molecule has 166 valence electrons. The fourth-order valence-electron chi connectivity index (χ4n) is 4.08. The largest absolute Gasteiger partial charge is 0.393 e. The van der Waals surface area contributed by atoms with E-state index in [0.29, 0.717) is 11.5 Å². The SMILES string of the molecule is Nc1c(NN(c2ccccc2)c2ccccc2)ncnc1N1CCN(c2ccccc2)CC1. The highest BCUT2D eigenvalue weighted by atomic mass is 15.5. The van der Waals surface area contributed by atoms with E-state index < -0.39 is 0 Å². The Morgan fingerprint density at radius 3 is 1.76 bits per heavy atom. The Hall–Kier alpha value is -4.26. The van der Waals surface area contributed by atoms with Crippen LogP contribution in [-0.4, -0.2) is 36.1 Å². The van der Waals surface area contributed by atoms with Gasteiger partial charge in [0.15, 0.2) is 11.6 Å². The topological polar surface area (TPSA) is 73.5 Å². The number of piperazine rings is 1. The number of anilines is 6. The minimum Gasteiger partial charge on any atom is -0.393 e. The van der Waals surface area contributed by atoms with Gasteiger partial charge < -0.3 is 15.5 Å². The summed E-state index contributed by atoms with van der Waals surface area (Å²) < 4.78 is 0. The van der Waals surface area contributed by atoms with Gasteiger partial charge in [0.25, 0.3) is 0 Å². The molecule has 1 saturated heterocycles. The van der Waals surface area contributed by atoms with Crippen LogP contribution in [0.3, 0.4) is 0 Å². The molecule has 1 aliphatic heterocycles. The van der Waals surface area contributed by atoms with Gasteiger partial charge in [-0.2, -0.15) is 0 Å². The quantitative estimate of drug-likeness (QED) is 0.429. The van der Waals surface area contributed by atoms with Crippen LogP contribution in [0.1, 0.15) is 0 Å². The number of benzene rings is 3. The molecule has 0 aliphatic carbocycles. The highest BCUT2D eigenvalue weighted by Gasteiger charge is 2.22. The summed E-state index contributed by atoms with van der Waals surface area (Å²) >= 11 is 0. The van der Waals surface area contributed by atoms with E-state index in [1.807, 2.05) is 71.7 Å². The highest BCUT2D eigenvalue weighted by Crippen LogP contribution is 2.31. The standard InChI is InChI=1S/C26H27N7/c27-24-25(30-33(22-12-6-2-7-13-22)23-14-8-3-9-15-23)28-20-29-26(24)32-18-16-31(17-19-32)21-10-4-1-5-11-21/h1-15,20H,16-19,27H2,(H,28,29,30). The first-order valence-electron chi connectivity index (χ1n) is 11.1. The van der Waals surface area contributed by atoms with Crippen molar-refractivity contribution in [2.45, 2.75) is 0 Å². The Morgan fingerprint density at radius 2 is 1.18 bits per heavy atom. The van der Waals surface area contributed by atoms with Crippen LogP contribution in [-0.2, 0) is 0 Å². The number of para-hydroxylation sites is 3. The van der Waals surface area contributed by atoms with Gasteiger partial charge in [0.2, 0.25) is 0 Å². The highest BCUT2D eigenvalue weighted by molar-refractivity contribution is 5.78. The van der Waals surface area contributed by atoms with Crippen LogP contribution in [0.5, 0.6) is 0 Å². The Kier molecular flexibility index (Phi) is 5.93. The van der Waals surface area contributed by atoms with Crippen molar-refractivity contribution >= 4 is 34.4 Å². The van der Waals surface area contributed by atoms with Crippen molar-refractivity contribution in [1.82, 2.24) is 9.97 Å². The molecule has 0 spiro atoms. The maximum absolute atomic E-state index is 6.59. The zero-order valence-corrected chi connectivity index (χ0v) is 18.4. The molecule has 33 heavy (non-hydrogen) atoms. The van der Waals surface area contributed by atoms with Crippen LogP contribution in [0, 0.1) is 0 Å². The van der Waals surface area contributed by atoms with Crippen molar-refractivity contribution in [3.8, 4) is 0 Å². The lowest BCUT2D eigenvalue weighted by molar-refractivity contribution is 0.647. The van der Waals surface area contributed by atoms with Crippen LogP contribution in [0.4, 0.5) is 34.4 Å². The predicted molar refractivity (Wildman–Crippen MR) is 136 cm³/mol. The molecule has 1 aromatic heterocycles. The summed E-state index contributed by atoms with van der Waals surface area (Å²) in [6, 6.07) is 30.7. The Labute approximate surface area is 194 Å². The van der Waals surface area contributed by atoms with Gasteiger partial charge >= 0.3 is 0 Å². The summed E-state index contributed by atoms with van der Waals surface area (Å²) in [5.41, 5.74) is 13.8. The number of rotatable bonds is 6. The molecule has 3 N–H and O–H groups in total. The van der Waals surface area contributed by atoms with Crippen molar-refractivity contribution in [3.63, 3.8) is 0 Å². The average Bonchev–Trinajstić information content (AvgIpc) is 2.90. The Bertz CT molecular complexity index is 1120. The van der Waals surface area contributed by atoms with Gasteiger partial charge in [-0.25, -0.2) is 9.97 Å². The van der Waals surface area contributed by atoms with E-state index in [1.165, 1.54) is 5.69 Å². The maximum atomic E-state index is 6.59. The van der Waals surface area contributed by atoms with E-state index in [-0.39, 0.29) is 0 Å². The third-order valence-electron chi connectivity index (χ3n) is 5.81. The first-order valence-corrected chi connectivity index (χ1v) is 11.1. The van der Waals surface area contributed by atoms with Crippen LogP contribution in [0.15, 0.2) is 97.3 Å². The van der Waals surface area contributed by atoms with Crippen molar-refractivity contribution in [3.05, 3.63) is 97.3 Å². The lowest BCUT2D eigenvalue weighted by Crippen LogP contribution is -2.47. The van der Waals surface area contributed by atoms with Crippen LogP contribution < -0.4 is 26.0 Å². The summed E-state index contributed by atoms with van der Waals surface area (Å²) in [7, 11) is 0. The number of nitrogen functional groups attached to an aromatic ring is 1. The van der Waals surface area contributed by atoms with Gasteiger partial charge in [0.1, 0.15) is 12.0 Å². The molecule has 5 rings (SSSR count). The minimum absolute atomic E-state index is 0.544. The molecule has 0 radical (unpaired) electrons. The molecule has 7 nitrogen and oxygen atoms in total. The zero-order valence-electron chi connectivity index (χ0n) is 18.4. The first-order chi connectivity index (χ1) is 16.3. The predicted octanol–water partition coefficient (Wildman–Crippen LogP) is 4.55. The second-order valence-electron chi connectivity index (χ2n) is 7.89. The van der Waals surface area contributed by atoms with Gasteiger partial charge in [-0.15, -0.1) is 0 Å². The Balaban J connectivity index is 1.37. The molecule has 4 aromatic rings. The molecule has 3 aromatic carbocycles. The second kappa shape index (κ2) is 9.48. The number of hydrazine groups is 1. The third-order valence-corrected chi connectivity index (χ3v) is 5.81. The molecule has 1 aliphatic rings. The van der Waals surface area contributed by atoms with E-state index in [4.69, 9.17) is 5.73 Å². The lowest BCUT2D eigenvalue weighted by atomic mass is 10.2. The number of nitrogens with two attached hydrogens (primary N) is 1. The third kappa shape index (κ3) is 4.52. The summed E-state index contributed by atoms with van der Waals surface area (Å²) in [4.78, 5) is 13.6. The lowest BCUT2D eigenvalue weighted by Gasteiger charge is -2.37. The first kappa shape index (κ1) is 20.6. The van der Waals surface area contributed by atoms with Gasteiger partial charge in [0, 0.05) is 31.9 Å². The number of nitrogens with one attached hydrogen (secondary N) is 1. The molecule has 1 fully saturated rings. The average molecular weight is 438 g/mol. The molecular formula is C26H27N7. The van der Waals surface area contributed by atoms with Gasteiger partial charge in [-0.3, -0.25) is 10.4 Å². The maximum Gasteiger partial charge on any atom is 0.173 e. The summed E-state index contributed by atoms with van der Waals surface area (Å²) in [6.45, 7) is 3.51. The molecule has 0 unspecified atom stereocenters. The zero-order chi connectivity index (χ0) is 22.5. The van der Waals surface area contributed by atoms with Crippen LogP contribution >= 0.6 is 0 Å². The normalized spacial score (nSPS) is 13.6. The van der Waals surface area contributed by atoms with Gasteiger partial charge in [-0.05, 0) is 36.4 Å². The van der Waals surface area contributed by atoms with Crippen molar-refractivity contribution in [2.24, 2.45) is 0 Å². The van der Waals surface area contributed by atoms with E-state index in [1.54, 1.807) is 6.33 Å². The second-order valence-corrected chi connectivity index (χ2v) is 7.89. The smallest absolute Gasteiger partial charge is 0.173 e. The Morgan fingerprint density at radius 1 is 0.667 bits per heavy atom. The van der Waals surface area contributed by atoms with Crippen LogP contribution in [0.2, 0.25) is 0 Å². The summed E-state index contributed by atoms with van der Waals surface area (Å²) in [6.07, 6.45) is 1.58. The number of aromatic nitrogens is 2. The number of hydrogen-bond donors (Lipinski definition) is 2. The molecule has 7 heteroatoms. The molecule has 0 bridgehead atoms. The fraction of sp³-hybridized carbons (Fsp3) is 0.154. The van der Waals surface area contributed by atoms with E-state index in [0.717, 1.165) is 43.4 Å². The fourth-order valence-corrected chi connectivity index (χ4v) is 4.08. The van der Waals surface area contributed by atoms with Crippen molar-refractivity contribution < 1.29 is 0 Å². The number of nitrogens with zero attached hydrogens (tertiary/aromatic N) is 5.